The first-order chi connectivity index (χ1) is 10.1. The molecule has 1 amide bonds. The summed E-state index contributed by atoms with van der Waals surface area (Å²) in [5.74, 6) is -0.255. The average molecular weight is 290 g/mol. The van der Waals surface area contributed by atoms with Crippen molar-refractivity contribution in [3.05, 3.63) is 40.7 Å². The number of H-pyrrole nitrogens is 2. The number of benzene rings is 1. The van der Waals surface area contributed by atoms with Gasteiger partial charge in [-0.15, -0.1) is 0 Å². The van der Waals surface area contributed by atoms with Crippen LogP contribution in [0.15, 0.2) is 35.1 Å². The summed E-state index contributed by atoms with van der Waals surface area (Å²) in [4.78, 5) is 22.9. The molecule has 1 unspecified atom stereocenters. The van der Waals surface area contributed by atoms with E-state index < -0.39 is 6.04 Å². The quantitative estimate of drug-likeness (QED) is 0.626. The Bertz CT molecular complexity index is 645. The van der Waals surface area contributed by atoms with Crippen LogP contribution in [-0.2, 0) is 9.53 Å². The summed E-state index contributed by atoms with van der Waals surface area (Å²) >= 11 is 0. The molecular formula is C14H18N4O3. The van der Waals surface area contributed by atoms with Gasteiger partial charge in [0.2, 0.25) is 5.91 Å². The van der Waals surface area contributed by atoms with Gasteiger partial charge in [-0.25, -0.2) is 0 Å². The molecule has 0 saturated carbocycles. The van der Waals surface area contributed by atoms with Crippen LogP contribution in [0.1, 0.15) is 6.42 Å². The second-order valence-electron chi connectivity index (χ2n) is 4.63. The van der Waals surface area contributed by atoms with Gasteiger partial charge in [-0.1, -0.05) is 12.1 Å². The van der Waals surface area contributed by atoms with Crippen molar-refractivity contribution in [3.63, 3.8) is 0 Å². The van der Waals surface area contributed by atoms with Gasteiger partial charge >= 0.3 is 0 Å². The van der Waals surface area contributed by atoms with E-state index in [1.165, 1.54) is 6.07 Å². The minimum absolute atomic E-state index is 0.188. The van der Waals surface area contributed by atoms with E-state index in [-0.39, 0.29) is 11.5 Å². The monoisotopic (exact) mass is 290 g/mol. The number of hydrogen-bond acceptors (Lipinski definition) is 4. The van der Waals surface area contributed by atoms with Crippen molar-refractivity contribution in [2.75, 3.05) is 19.0 Å². The molecule has 0 radical (unpaired) electrons. The highest BCUT2D eigenvalue weighted by atomic mass is 16.5. The summed E-state index contributed by atoms with van der Waals surface area (Å²) in [5, 5.41) is 7.97. The molecule has 7 nitrogen and oxygen atoms in total. The Hall–Kier alpha value is -2.38. The number of nitrogens with two attached hydrogens (primary N) is 1. The first kappa shape index (κ1) is 15.0. The van der Waals surface area contributed by atoms with Gasteiger partial charge in [0.05, 0.1) is 11.7 Å². The van der Waals surface area contributed by atoms with E-state index in [4.69, 9.17) is 10.5 Å². The van der Waals surface area contributed by atoms with Crippen molar-refractivity contribution in [1.29, 1.82) is 0 Å². The lowest BCUT2D eigenvalue weighted by Gasteiger charge is -2.12. The Morgan fingerprint density at radius 3 is 2.62 bits per heavy atom. The summed E-state index contributed by atoms with van der Waals surface area (Å²) < 4.78 is 4.89. The van der Waals surface area contributed by atoms with Crippen LogP contribution < -0.4 is 16.6 Å². The minimum atomic E-state index is -0.606. The molecule has 0 aliphatic rings. The zero-order valence-corrected chi connectivity index (χ0v) is 11.7. The molecule has 1 aromatic heterocycles. The fourth-order valence-corrected chi connectivity index (χ4v) is 1.83. The zero-order chi connectivity index (χ0) is 15.2. The van der Waals surface area contributed by atoms with Crippen molar-refractivity contribution in [2.24, 2.45) is 5.73 Å². The summed E-state index contributed by atoms with van der Waals surface area (Å²) in [6, 6.07) is 7.97. The Kier molecular flexibility index (Phi) is 4.91. The number of hydrogen-bond donors (Lipinski definition) is 4. The average Bonchev–Trinajstić information content (AvgIpc) is 2.92. The van der Waals surface area contributed by atoms with E-state index in [9.17, 15) is 9.59 Å². The molecule has 0 fully saturated rings. The molecule has 1 heterocycles. The molecule has 112 valence electrons. The zero-order valence-electron chi connectivity index (χ0n) is 11.7. The van der Waals surface area contributed by atoms with Gasteiger partial charge in [0.1, 0.15) is 0 Å². The van der Waals surface area contributed by atoms with Gasteiger partial charge in [-0.2, -0.15) is 0 Å². The van der Waals surface area contributed by atoms with Crippen LogP contribution in [0.25, 0.3) is 11.3 Å². The van der Waals surface area contributed by atoms with Crippen molar-refractivity contribution in [3.8, 4) is 11.3 Å². The predicted molar refractivity (Wildman–Crippen MR) is 79.9 cm³/mol. The van der Waals surface area contributed by atoms with Gasteiger partial charge in [0, 0.05) is 25.5 Å². The highest BCUT2D eigenvalue weighted by Gasteiger charge is 2.13. The molecule has 2 aromatic rings. The number of nitrogens with one attached hydrogen (secondary N) is 3. The number of aromatic nitrogens is 2. The van der Waals surface area contributed by atoms with Gasteiger partial charge in [-0.05, 0) is 24.1 Å². The van der Waals surface area contributed by atoms with Gasteiger partial charge in [0.15, 0.2) is 0 Å². The fourth-order valence-electron chi connectivity index (χ4n) is 1.83. The van der Waals surface area contributed by atoms with Crippen LogP contribution in [0, 0.1) is 0 Å². The lowest BCUT2D eigenvalue weighted by molar-refractivity contribution is -0.117. The number of aromatic amines is 2. The van der Waals surface area contributed by atoms with E-state index in [1.54, 1.807) is 31.4 Å². The van der Waals surface area contributed by atoms with E-state index >= 15 is 0 Å². The number of carbonyl (C=O) groups is 1. The van der Waals surface area contributed by atoms with E-state index in [1.807, 2.05) is 0 Å². The first-order valence-corrected chi connectivity index (χ1v) is 6.53. The van der Waals surface area contributed by atoms with Crippen LogP contribution in [-0.4, -0.2) is 35.9 Å². The molecule has 7 heteroatoms. The topological polar surface area (TPSA) is 113 Å². The lowest BCUT2D eigenvalue weighted by Crippen LogP contribution is -2.36. The molecule has 21 heavy (non-hydrogen) atoms. The Morgan fingerprint density at radius 1 is 1.33 bits per heavy atom. The standard InChI is InChI=1S/C14H18N4O3/c1-21-7-6-11(15)14(20)16-10-4-2-9(3-5-10)12-8-13(19)18-17-12/h2-5,8,11H,6-7,15H2,1H3,(H,16,20)(H2,17,18,19). The number of carbonyl (C=O) groups excluding carboxylic acids is 1. The number of rotatable bonds is 6. The summed E-state index contributed by atoms with van der Waals surface area (Å²) in [5.41, 5.74) is 7.73. The molecule has 0 spiro atoms. The molecule has 1 atom stereocenters. The molecule has 5 N–H and O–H groups in total. The molecule has 0 aliphatic carbocycles. The normalized spacial score (nSPS) is 12.1. The molecule has 0 bridgehead atoms. The Balaban J connectivity index is 1.99. The second-order valence-corrected chi connectivity index (χ2v) is 4.63. The third-order valence-corrected chi connectivity index (χ3v) is 3.03. The number of anilines is 1. The van der Waals surface area contributed by atoms with E-state index in [0.717, 1.165) is 5.56 Å². The molecule has 1 aromatic carbocycles. The second kappa shape index (κ2) is 6.87. The van der Waals surface area contributed by atoms with Crippen molar-refractivity contribution >= 4 is 11.6 Å². The number of methoxy groups -OCH3 is 1. The fraction of sp³-hybridized carbons (Fsp3) is 0.286. The van der Waals surface area contributed by atoms with E-state index in [0.29, 0.717) is 24.4 Å². The van der Waals surface area contributed by atoms with Gasteiger partial charge < -0.3 is 15.8 Å². The molecule has 2 rings (SSSR count). The molecule has 0 aliphatic heterocycles. The van der Waals surface area contributed by atoms with Crippen molar-refractivity contribution in [2.45, 2.75) is 12.5 Å². The van der Waals surface area contributed by atoms with Crippen LogP contribution in [0.2, 0.25) is 0 Å². The van der Waals surface area contributed by atoms with Crippen molar-refractivity contribution in [1.82, 2.24) is 10.2 Å². The summed E-state index contributed by atoms with van der Waals surface area (Å²) in [7, 11) is 1.56. The van der Waals surface area contributed by atoms with Crippen LogP contribution in [0.5, 0.6) is 0 Å². The van der Waals surface area contributed by atoms with E-state index in [2.05, 4.69) is 15.5 Å². The number of ether oxygens (including phenoxy) is 1. The lowest BCUT2D eigenvalue weighted by atomic mass is 10.1. The summed E-state index contributed by atoms with van der Waals surface area (Å²) in [6.45, 7) is 0.439. The summed E-state index contributed by atoms with van der Waals surface area (Å²) in [6.07, 6.45) is 0.463. The Labute approximate surface area is 121 Å². The third-order valence-electron chi connectivity index (χ3n) is 3.03. The van der Waals surface area contributed by atoms with Crippen molar-refractivity contribution < 1.29 is 9.53 Å². The highest BCUT2D eigenvalue weighted by molar-refractivity contribution is 5.94. The predicted octanol–water partition coefficient (Wildman–Crippen LogP) is 0.672. The highest BCUT2D eigenvalue weighted by Crippen LogP contribution is 2.18. The smallest absolute Gasteiger partial charge is 0.264 e. The van der Waals surface area contributed by atoms with Crippen LogP contribution in [0.4, 0.5) is 5.69 Å². The van der Waals surface area contributed by atoms with Gasteiger partial charge in [0.25, 0.3) is 5.56 Å². The third kappa shape index (κ3) is 4.04. The van der Waals surface area contributed by atoms with Gasteiger partial charge in [-0.3, -0.25) is 19.8 Å². The Morgan fingerprint density at radius 2 is 2.05 bits per heavy atom. The maximum Gasteiger partial charge on any atom is 0.264 e. The maximum absolute atomic E-state index is 11.8. The van der Waals surface area contributed by atoms with Crippen LogP contribution in [0.3, 0.4) is 0 Å². The molecule has 0 saturated heterocycles. The van der Waals surface area contributed by atoms with Crippen LogP contribution >= 0.6 is 0 Å². The largest absolute Gasteiger partial charge is 0.385 e. The minimum Gasteiger partial charge on any atom is -0.385 e. The molecular weight excluding hydrogens is 272 g/mol. The maximum atomic E-state index is 11.8. The number of amides is 1. The SMILES string of the molecule is COCCC(N)C(=O)Nc1ccc(-c2cc(=O)[nH][nH]2)cc1. The first-order valence-electron chi connectivity index (χ1n) is 6.53.